The second kappa shape index (κ2) is 8.71. The van der Waals surface area contributed by atoms with E-state index in [0.29, 0.717) is 27.1 Å². The third-order valence-corrected chi connectivity index (χ3v) is 6.08. The van der Waals surface area contributed by atoms with Crippen molar-refractivity contribution in [2.24, 2.45) is 0 Å². The number of fused-ring (bicyclic) bond motifs is 1. The molecule has 0 aliphatic rings. The summed E-state index contributed by atoms with van der Waals surface area (Å²) < 4.78 is 72.8. The van der Waals surface area contributed by atoms with E-state index in [1.165, 1.54) is 30.8 Å². The van der Waals surface area contributed by atoms with Gasteiger partial charge in [0.2, 0.25) is 11.7 Å². The number of halogens is 3. The first-order valence-electron chi connectivity index (χ1n) is 8.92. The molecule has 0 unspecified atom stereocenters. The minimum absolute atomic E-state index is 0.152. The maximum atomic E-state index is 13.1. The number of sulfonamides is 1. The molecule has 0 bridgehead atoms. The lowest BCUT2D eigenvalue weighted by molar-refractivity contribution is -0.0533. The molecule has 4 aromatic rings. The van der Waals surface area contributed by atoms with E-state index in [1.54, 1.807) is 0 Å². The van der Waals surface area contributed by atoms with E-state index in [4.69, 9.17) is 25.6 Å². The number of benzene rings is 1. The highest BCUT2D eigenvalue weighted by Gasteiger charge is 2.26. The average Bonchev–Trinajstić information content (AvgIpc) is 3.44. The summed E-state index contributed by atoms with van der Waals surface area (Å²) in [5.74, 6) is -1.99. The average molecular weight is 502 g/mol. The van der Waals surface area contributed by atoms with Crippen LogP contribution in [0.5, 0.6) is 17.5 Å². The Bertz CT molecular complexity index is 1390. The molecule has 0 amide bonds. The van der Waals surface area contributed by atoms with Crippen molar-refractivity contribution in [3.63, 3.8) is 0 Å². The Balaban J connectivity index is 1.77. The fraction of sp³-hybridized carbons (Fsp3) is 0.167. The van der Waals surface area contributed by atoms with E-state index in [9.17, 15) is 17.2 Å². The molecule has 15 heteroatoms. The number of hydrogen-bond donors (Lipinski definition) is 2. The van der Waals surface area contributed by atoms with Crippen LogP contribution in [0.1, 0.15) is 0 Å². The molecular weight excluding hydrogens is 488 g/mol. The molecule has 174 valence electrons. The normalized spacial score (nSPS) is 11.7. The monoisotopic (exact) mass is 501 g/mol. The summed E-state index contributed by atoms with van der Waals surface area (Å²) in [6, 6.07) is 3.04. The highest BCUT2D eigenvalue weighted by molar-refractivity contribution is 7.93. The van der Waals surface area contributed by atoms with E-state index in [2.05, 4.69) is 29.6 Å². The number of anilines is 1. The summed E-state index contributed by atoms with van der Waals surface area (Å²) in [4.78, 5) is 10.3. The van der Waals surface area contributed by atoms with Crippen molar-refractivity contribution in [3.8, 4) is 28.6 Å². The molecule has 3 aromatic heterocycles. The van der Waals surface area contributed by atoms with Crippen LogP contribution < -0.4 is 18.9 Å². The van der Waals surface area contributed by atoms with Crippen LogP contribution >= 0.6 is 11.6 Å². The smallest absolute Gasteiger partial charge is 0.387 e. The van der Waals surface area contributed by atoms with E-state index in [-0.39, 0.29) is 4.90 Å². The Hall–Kier alpha value is -3.65. The number of ether oxygens (including phenoxy) is 3. The highest BCUT2D eigenvalue weighted by atomic mass is 35.5. The van der Waals surface area contributed by atoms with Gasteiger partial charge in [0, 0.05) is 22.7 Å². The molecule has 0 radical (unpaired) electrons. The first-order chi connectivity index (χ1) is 15.7. The Kier molecular flexibility index (Phi) is 5.95. The first-order valence-corrected chi connectivity index (χ1v) is 10.8. The van der Waals surface area contributed by atoms with Crippen molar-refractivity contribution >= 4 is 38.5 Å². The third-order valence-electron chi connectivity index (χ3n) is 4.40. The standard InChI is InChI=1S/C18H14ClF2N5O6S/c1-29-15-14(32-17(20)21)16(30-2)25-18(24-15)26-33(27,28)11-6-22-13-9(11)3-4-10(19)12(13)8-5-23-31-7-8/h3-7,17,22H,1-2H3,(H,24,25,26). The summed E-state index contributed by atoms with van der Waals surface area (Å²) in [6.45, 7) is -3.21. The highest BCUT2D eigenvalue weighted by Crippen LogP contribution is 2.39. The zero-order valence-corrected chi connectivity index (χ0v) is 18.4. The summed E-state index contributed by atoms with van der Waals surface area (Å²) in [5.41, 5.74) is 1.45. The lowest BCUT2D eigenvalue weighted by atomic mass is 10.1. The number of alkyl halides is 2. The molecule has 0 saturated heterocycles. The number of aromatic nitrogens is 4. The molecule has 0 saturated carbocycles. The third kappa shape index (κ3) is 4.21. The van der Waals surface area contributed by atoms with Gasteiger partial charge in [-0.3, -0.25) is 0 Å². The Morgan fingerprint density at radius 3 is 2.45 bits per heavy atom. The SMILES string of the molecule is COc1nc(NS(=O)(=O)c2c[nH]c3c(-c4cnoc4)c(Cl)ccc23)nc(OC)c1OC(F)F. The molecule has 1 aromatic carbocycles. The molecule has 0 aliphatic carbocycles. The van der Waals surface area contributed by atoms with Gasteiger partial charge < -0.3 is 23.7 Å². The summed E-state index contributed by atoms with van der Waals surface area (Å²) in [6.07, 6.45) is 4.05. The maximum absolute atomic E-state index is 13.1. The van der Waals surface area contributed by atoms with Crippen LogP contribution in [0.3, 0.4) is 0 Å². The van der Waals surface area contributed by atoms with Gasteiger partial charge in [-0.05, 0) is 12.1 Å². The molecule has 0 spiro atoms. The van der Waals surface area contributed by atoms with Crippen LogP contribution in [0.15, 0.2) is 40.2 Å². The predicted molar refractivity (Wildman–Crippen MR) is 111 cm³/mol. The van der Waals surface area contributed by atoms with Crippen molar-refractivity contribution < 1.29 is 35.9 Å². The zero-order valence-electron chi connectivity index (χ0n) is 16.8. The lowest BCUT2D eigenvalue weighted by Crippen LogP contribution is -2.16. The van der Waals surface area contributed by atoms with Gasteiger partial charge in [0.05, 0.1) is 31.0 Å². The van der Waals surface area contributed by atoms with E-state index < -0.39 is 40.1 Å². The van der Waals surface area contributed by atoms with Crippen LogP contribution in [-0.2, 0) is 10.0 Å². The van der Waals surface area contributed by atoms with Gasteiger partial charge in [0.1, 0.15) is 11.2 Å². The van der Waals surface area contributed by atoms with Gasteiger partial charge in [-0.1, -0.05) is 16.8 Å². The number of H-pyrrole nitrogens is 1. The van der Waals surface area contributed by atoms with Gasteiger partial charge >= 0.3 is 6.61 Å². The molecule has 0 aliphatic heterocycles. The molecule has 0 fully saturated rings. The largest absolute Gasteiger partial charge is 0.478 e. The number of hydrogen-bond acceptors (Lipinski definition) is 9. The molecule has 2 N–H and O–H groups in total. The van der Waals surface area contributed by atoms with Crippen LogP contribution in [0.25, 0.3) is 22.0 Å². The van der Waals surface area contributed by atoms with E-state index in [1.807, 2.05) is 0 Å². The summed E-state index contributed by atoms with van der Waals surface area (Å²) in [7, 11) is -2.00. The summed E-state index contributed by atoms with van der Waals surface area (Å²) in [5, 5.41) is 4.29. The van der Waals surface area contributed by atoms with Crippen LogP contribution in [0, 0.1) is 0 Å². The minimum Gasteiger partial charge on any atom is -0.478 e. The van der Waals surface area contributed by atoms with Crippen molar-refractivity contribution in [1.82, 2.24) is 20.1 Å². The number of nitrogens with zero attached hydrogens (tertiary/aromatic N) is 3. The molecule has 3 heterocycles. The Morgan fingerprint density at radius 2 is 1.88 bits per heavy atom. The van der Waals surface area contributed by atoms with Crippen LogP contribution in [0.4, 0.5) is 14.7 Å². The van der Waals surface area contributed by atoms with Gasteiger partial charge in [-0.2, -0.15) is 18.7 Å². The maximum Gasteiger partial charge on any atom is 0.387 e. The predicted octanol–water partition coefficient (Wildman–Crippen LogP) is 3.69. The van der Waals surface area contributed by atoms with Gasteiger partial charge in [-0.15, -0.1) is 0 Å². The number of nitrogens with one attached hydrogen (secondary N) is 2. The van der Waals surface area contributed by atoms with Crippen LogP contribution in [-0.4, -0.2) is 49.4 Å². The zero-order chi connectivity index (χ0) is 23.8. The lowest BCUT2D eigenvalue weighted by Gasteiger charge is -2.14. The van der Waals surface area contributed by atoms with Crippen LogP contribution in [0.2, 0.25) is 5.02 Å². The molecule has 4 rings (SSSR count). The van der Waals surface area contributed by atoms with Crippen molar-refractivity contribution in [2.75, 3.05) is 18.9 Å². The fourth-order valence-electron chi connectivity index (χ4n) is 3.08. The van der Waals surface area contributed by atoms with Crippen molar-refractivity contribution in [3.05, 3.63) is 35.8 Å². The Labute approximate surface area is 189 Å². The second-order valence-corrected chi connectivity index (χ2v) is 8.35. The summed E-state index contributed by atoms with van der Waals surface area (Å²) >= 11 is 6.30. The number of methoxy groups -OCH3 is 2. The Morgan fingerprint density at radius 1 is 1.18 bits per heavy atom. The number of aromatic amines is 1. The number of rotatable bonds is 8. The minimum atomic E-state index is -4.27. The first kappa shape index (κ1) is 22.5. The molecule has 33 heavy (non-hydrogen) atoms. The van der Waals surface area contributed by atoms with E-state index in [0.717, 1.165) is 14.2 Å². The second-order valence-electron chi connectivity index (χ2n) is 6.29. The molecule has 0 atom stereocenters. The fourth-order valence-corrected chi connectivity index (χ4v) is 4.46. The molecular formula is C18H14ClF2N5O6S. The van der Waals surface area contributed by atoms with Gasteiger partial charge in [0.15, 0.2) is 0 Å². The van der Waals surface area contributed by atoms with Gasteiger partial charge in [-0.25, -0.2) is 13.1 Å². The molecule has 11 nitrogen and oxygen atoms in total. The topological polar surface area (TPSA) is 141 Å². The van der Waals surface area contributed by atoms with Crippen molar-refractivity contribution in [2.45, 2.75) is 11.5 Å². The van der Waals surface area contributed by atoms with E-state index >= 15 is 0 Å². The quantitative estimate of drug-likeness (QED) is 0.369. The van der Waals surface area contributed by atoms with Gasteiger partial charge in [0.25, 0.3) is 21.8 Å². The van der Waals surface area contributed by atoms with Crippen molar-refractivity contribution in [1.29, 1.82) is 0 Å².